The van der Waals surface area contributed by atoms with E-state index >= 15 is 0 Å². The maximum atomic E-state index is 10.4. The summed E-state index contributed by atoms with van der Waals surface area (Å²) in [4.78, 5) is 20.8. The summed E-state index contributed by atoms with van der Waals surface area (Å²) in [6.07, 6.45) is 0. The third kappa shape index (κ3) is 3.56. The highest BCUT2D eigenvalue weighted by atomic mass is 16.5. The summed E-state index contributed by atoms with van der Waals surface area (Å²) >= 11 is 0. The monoisotopic (exact) mass is 224 g/mol. The number of rotatable bonds is 6. The van der Waals surface area contributed by atoms with Crippen molar-refractivity contribution in [3.63, 3.8) is 0 Å². The average molecular weight is 224 g/mol. The molecule has 0 aliphatic carbocycles. The molecule has 1 N–H and O–H groups in total. The molecule has 0 saturated carbocycles. The lowest BCUT2D eigenvalue weighted by atomic mass is 10.2. The Balaban J connectivity index is 2.63. The van der Waals surface area contributed by atoms with Gasteiger partial charge in [-0.15, -0.1) is 4.91 Å². The first-order valence-electron chi connectivity index (χ1n) is 4.58. The van der Waals surface area contributed by atoms with E-state index in [9.17, 15) is 9.70 Å². The van der Waals surface area contributed by atoms with Gasteiger partial charge in [0.15, 0.2) is 0 Å². The SMILES string of the molecule is COc1ccc(CN(CC(=O)O)N=O)cc1. The minimum Gasteiger partial charge on any atom is -0.497 e. The van der Waals surface area contributed by atoms with E-state index in [1.807, 2.05) is 0 Å². The molecule has 0 aliphatic heterocycles. The van der Waals surface area contributed by atoms with Crippen LogP contribution in [0.25, 0.3) is 0 Å². The van der Waals surface area contributed by atoms with Crippen LogP contribution >= 0.6 is 0 Å². The highest BCUT2D eigenvalue weighted by molar-refractivity contribution is 5.68. The quantitative estimate of drug-likeness (QED) is 0.581. The van der Waals surface area contributed by atoms with E-state index < -0.39 is 12.5 Å². The predicted molar refractivity (Wildman–Crippen MR) is 56.8 cm³/mol. The number of nitrogens with zero attached hydrogens (tertiary/aromatic N) is 2. The van der Waals surface area contributed by atoms with Gasteiger partial charge < -0.3 is 9.84 Å². The van der Waals surface area contributed by atoms with Gasteiger partial charge in [0.25, 0.3) is 0 Å². The van der Waals surface area contributed by atoms with Crippen LogP contribution in [0.15, 0.2) is 29.6 Å². The Morgan fingerprint density at radius 1 is 1.44 bits per heavy atom. The van der Waals surface area contributed by atoms with Crippen LogP contribution in [0.5, 0.6) is 5.75 Å². The fourth-order valence-corrected chi connectivity index (χ4v) is 1.21. The zero-order valence-corrected chi connectivity index (χ0v) is 8.79. The molecule has 6 nitrogen and oxygen atoms in total. The van der Waals surface area contributed by atoms with E-state index in [-0.39, 0.29) is 6.54 Å². The molecule has 1 rings (SSSR count). The number of hydrogen-bond acceptors (Lipinski definition) is 4. The molecule has 0 spiro atoms. The number of benzene rings is 1. The molecule has 0 heterocycles. The summed E-state index contributed by atoms with van der Waals surface area (Å²) < 4.78 is 4.97. The zero-order valence-electron chi connectivity index (χ0n) is 8.79. The van der Waals surface area contributed by atoms with Gasteiger partial charge >= 0.3 is 5.97 Å². The minimum atomic E-state index is -1.09. The molecule has 0 saturated heterocycles. The molecule has 0 unspecified atom stereocenters. The van der Waals surface area contributed by atoms with Gasteiger partial charge in [0, 0.05) is 0 Å². The first-order valence-corrected chi connectivity index (χ1v) is 4.58. The van der Waals surface area contributed by atoms with E-state index in [1.165, 1.54) is 0 Å². The lowest BCUT2D eigenvalue weighted by Gasteiger charge is -2.12. The smallest absolute Gasteiger partial charge is 0.325 e. The maximum absolute atomic E-state index is 10.4. The Morgan fingerprint density at radius 2 is 2.06 bits per heavy atom. The van der Waals surface area contributed by atoms with Crippen molar-refractivity contribution in [2.45, 2.75) is 6.54 Å². The lowest BCUT2D eigenvalue weighted by molar-refractivity contribution is -0.138. The van der Waals surface area contributed by atoms with Gasteiger partial charge in [-0.25, -0.2) is 5.01 Å². The second kappa shape index (κ2) is 5.69. The van der Waals surface area contributed by atoms with Crippen molar-refractivity contribution < 1.29 is 14.6 Å². The molecule has 1 aromatic carbocycles. The number of carboxylic acids is 1. The highest BCUT2D eigenvalue weighted by Crippen LogP contribution is 2.12. The fourth-order valence-electron chi connectivity index (χ4n) is 1.21. The third-order valence-corrected chi connectivity index (χ3v) is 1.96. The first kappa shape index (κ1) is 12.0. The second-order valence-electron chi connectivity index (χ2n) is 3.15. The number of hydrogen-bond donors (Lipinski definition) is 1. The molecule has 0 bridgehead atoms. The standard InChI is InChI=1S/C10H12N2O4/c1-16-9-4-2-8(3-5-9)6-12(11-15)7-10(13)14/h2-5H,6-7H2,1H3,(H,13,14). The first-order chi connectivity index (χ1) is 7.65. The number of aliphatic carboxylic acids is 1. The predicted octanol–water partition coefficient (Wildman–Crippen LogP) is 1.26. The Bertz CT molecular complexity index is 364. The number of carbonyl (C=O) groups is 1. The lowest BCUT2D eigenvalue weighted by Crippen LogP contribution is -2.23. The van der Waals surface area contributed by atoms with Crippen molar-refractivity contribution >= 4 is 5.97 Å². The molecule has 1 aromatic rings. The molecule has 0 fully saturated rings. The van der Waals surface area contributed by atoms with Gasteiger partial charge in [0.2, 0.25) is 0 Å². The molecule has 0 aliphatic rings. The Morgan fingerprint density at radius 3 is 2.50 bits per heavy atom. The van der Waals surface area contributed by atoms with Gasteiger partial charge in [0.05, 0.1) is 18.9 Å². The van der Waals surface area contributed by atoms with Crippen LogP contribution < -0.4 is 4.74 Å². The Kier molecular flexibility index (Phi) is 4.26. The summed E-state index contributed by atoms with van der Waals surface area (Å²) in [7, 11) is 1.55. The van der Waals surface area contributed by atoms with E-state index in [2.05, 4.69) is 5.29 Å². The van der Waals surface area contributed by atoms with Crippen molar-refractivity contribution in [1.29, 1.82) is 0 Å². The van der Waals surface area contributed by atoms with Crippen LogP contribution in [-0.4, -0.2) is 29.7 Å². The van der Waals surface area contributed by atoms with E-state index in [4.69, 9.17) is 9.84 Å². The number of nitroso groups, excluding NO2 is 1. The second-order valence-corrected chi connectivity index (χ2v) is 3.15. The van der Waals surface area contributed by atoms with Crippen LogP contribution in [-0.2, 0) is 11.3 Å². The van der Waals surface area contributed by atoms with Gasteiger partial charge in [0.1, 0.15) is 12.3 Å². The van der Waals surface area contributed by atoms with Gasteiger partial charge in [-0.05, 0) is 17.7 Å². The third-order valence-electron chi connectivity index (χ3n) is 1.96. The number of carboxylic acid groups (broad SMARTS) is 1. The van der Waals surface area contributed by atoms with Crippen molar-refractivity contribution in [1.82, 2.24) is 5.01 Å². The molecule has 86 valence electrons. The normalized spacial score (nSPS) is 9.56. The molecule has 16 heavy (non-hydrogen) atoms. The molecule has 0 amide bonds. The maximum Gasteiger partial charge on any atom is 0.325 e. The van der Waals surface area contributed by atoms with Gasteiger partial charge in [-0.3, -0.25) is 4.79 Å². The average Bonchev–Trinajstić information content (AvgIpc) is 2.28. The van der Waals surface area contributed by atoms with Crippen molar-refractivity contribution in [3.8, 4) is 5.75 Å². The number of ether oxygens (including phenoxy) is 1. The molecule has 0 aromatic heterocycles. The summed E-state index contributed by atoms with van der Waals surface area (Å²) in [5.41, 5.74) is 0.793. The topological polar surface area (TPSA) is 79.2 Å². The fraction of sp³-hybridized carbons (Fsp3) is 0.300. The molecular formula is C10H12N2O4. The summed E-state index contributed by atoms with van der Waals surface area (Å²) in [5, 5.41) is 12.1. The van der Waals surface area contributed by atoms with Crippen molar-refractivity contribution in [3.05, 3.63) is 34.7 Å². The van der Waals surface area contributed by atoms with E-state index in [0.29, 0.717) is 5.75 Å². The minimum absolute atomic E-state index is 0.166. The van der Waals surface area contributed by atoms with Crippen LogP contribution in [0.2, 0.25) is 0 Å². The number of methoxy groups -OCH3 is 1. The van der Waals surface area contributed by atoms with Crippen LogP contribution in [0.1, 0.15) is 5.56 Å². The van der Waals surface area contributed by atoms with Crippen LogP contribution in [0.4, 0.5) is 0 Å². The highest BCUT2D eigenvalue weighted by Gasteiger charge is 2.08. The van der Waals surface area contributed by atoms with E-state index in [1.54, 1.807) is 31.4 Å². The van der Waals surface area contributed by atoms with E-state index in [0.717, 1.165) is 10.6 Å². The molecule has 0 atom stereocenters. The van der Waals surface area contributed by atoms with Gasteiger partial charge in [-0.1, -0.05) is 12.1 Å². The Hall–Kier alpha value is -2.11. The summed E-state index contributed by atoms with van der Waals surface area (Å²) in [6, 6.07) is 6.97. The molecule has 6 heteroatoms. The zero-order chi connectivity index (χ0) is 12.0. The molecule has 0 radical (unpaired) electrons. The van der Waals surface area contributed by atoms with Crippen molar-refractivity contribution in [2.24, 2.45) is 5.29 Å². The Labute approximate surface area is 92.4 Å². The molecular weight excluding hydrogens is 212 g/mol. The van der Waals surface area contributed by atoms with Crippen LogP contribution in [0, 0.1) is 4.91 Å². The largest absolute Gasteiger partial charge is 0.497 e. The van der Waals surface area contributed by atoms with Crippen molar-refractivity contribution in [2.75, 3.05) is 13.7 Å². The summed E-state index contributed by atoms with van der Waals surface area (Å²) in [6.45, 7) is -0.241. The van der Waals surface area contributed by atoms with Gasteiger partial charge in [-0.2, -0.15) is 0 Å². The van der Waals surface area contributed by atoms with Crippen LogP contribution in [0.3, 0.4) is 0 Å². The summed E-state index contributed by atoms with van der Waals surface area (Å²) in [5.74, 6) is -0.388.